The van der Waals surface area contributed by atoms with E-state index in [1.165, 1.54) is 12.1 Å². The number of hydrogen-bond acceptors (Lipinski definition) is 6. The van der Waals surface area contributed by atoms with Gasteiger partial charge in [0.05, 0.1) is 18.2 Å². The van der Waals surface area contributed by atoms with Crippen molar-refractivity contribution < 1.29 is 28.0 Å². The second-order valence-corrected chi connectivity index (χ2v) is 8.40. The van der Waals surface area contributed by atoms with Gasteiger partial charge in [-0.1, -0.05) is 5.16 Å². The van der Waals surface area contributed by atoms with Crippen molar-refractivity contribution in [3.05, 3.63) is 59.5 Å². The summed E-state index contributed by atoms with van der Waals surface area (Å²) in [5.74, 6) is 0.866. The molecule has 1 atom stereocenters. The van der Waals surface area contributed by atoms with Crippen molar-refractivity contribution in [2.24, 2.45) is 5.92 Å². The highest BCUT2D eigenvalue weighted by Gasteiger charge is 2.39. The Labute approximate surface area is 188 Å². The van der Waals surface area contributed by atoms with Gasteiger partial charge in [-0.15, -0.1) is 0 Å². The van der Waals surface area contributed by atoms with E-state index in [0.29, 0.717) is 54.6 Å². The Kier molecular flexibility index (Phi) is 4.56. The summed E-state index contributed by atoms with van der Waals surface area (Å²) in [5, 5.41) is 4.15. The van der Waals surface area contributed by atoms with Crippen LogP contribution in [0.4, 0.5) is 10.1 Å². The zero-order valence-corrected chi connectivity index (χ0v) is 17.6. The molecule has 1 saturated heterocycles. The monoisotopic (exact) mass is 449 g/mol. The third-order valence-corrected chi connectivity index (χ3v) is 6.40. The van der Waals surface area contributed by atoms with Crippen molar-refractivity contribution in [1.82, 2.24) is 10.1 Å². The lowest BCUT2D eigenvalue weighted by atomic mass is 9.99. The smallest absolute Gasteiger partial charge is 0.231 e. The van der Waals surface area contributed by atoms with E-state index < -0.39 is 5.92 Å². The number of fused-ring (bicyclic) bond motifs is 2. The van der Waals surface area contributed by atoms with Gasteiger partial charge in [-0.25, -0.2) is 4.39 Å². The van der Waals surface area contributed by atoms with Crippen LogP contribution >= 0.6 is 0 Å². The van der Waals surface area contributed by atoms with Crippen molar-refractivity contribution in [3.8, 4) is 22.8 Å². The van der Waals surface area contributed by atoms with E-state index in [9.17, 15) is 14.0 Å². The van der Waals surface area contributed by atoms with Crippen LogP contribution in [0.25, 0.3) is 11.3 Å². The van der Waals surface area contributed by atoms with Crippen molar-refractivity contribution >= 4 is 17.5 Å². The van der Waals surface area contributed by atoms with Crippen LogP contribution in [0.5, 0.6) is 11.5 Å². The minimum Gasteiger partial charge on any atom is -0.454 e. The summed E-state index contributed by atoms with van der Waals surface area (Å²) in [7, 11) is 0. The number of aromatic nitrogens is 1. The van der Waals surface area contributed by atoms with Gasteiger partial charge in [-0.05, 0) is 36.4 Å². The maximum Gasteiger partial charge on any atom is 0.231 e. The number of nitrogens with zero attached hydrogens (tertiary/aromatic N) is 3. The predicted octanol–water partition coefficient (Wildman–Crippen LogP) is 3.15. The molecule has 1 fully saturated rings. The predicted molar refractivity (Wildman–Crippen MR) is 114 cm³/mol. The fraction of sp³-hybridized carbons (Fsp3) is 0.292. The molecule has 0 aliphatic carbocycles. The number of anilines is 1. The molecule has 2 aromatic carbocycles. The molecule has 6 rings (SSSR count). The van der Waals surface area contributed by atoms with Crippen LogP contribution in [-0.2, 0) is 22.6 Å². The van der Waals surface area contributed by atoms with E-state index in [1.807, 2.05) is 0 Å². The number of ether oxygens (including phenoxy) is 2. The largest absolute Gasteiger partial charge is 0.454 e. The average Bonchev–Trinajstić information content (AvgIpc) is 3.56. The van der Waals surface area contributed by atoms with Gasteiger partial charge in [-0.3, -0.25) is 9.59 Å². The van der Waals surface area contributed by atoms with Crippen LogP contribution < -0.4 is 14.4 Å². The van der Waals surface area contributed by atoms with E-state index in [4.69, 9.17) is 14.0 Å². The number of amides is 2. The topological polar surface area (TPSA) is 85.1 Å². The Morgan fingerprint density at radius 3 is 2.76 bits per heavy atom. The highest BCUT2D eigenvalue weighted by Crippen LogP contribution is 2.38. The normalized spacial score (nSPS) is 19.2. The van der Waals surface area contributed by atoms with E-state index >= 15 is 0 Å². The summed E-state index contributed by atoms with van der Waals surface area (Å²) < 4.78 is 29.6. The summed E-state index contributed by atoms with van der Waals surface area (Å²) in [6.07, 6.45) is 0.726. The fourth-order valence-corrected chi connectivity index (χ4v) is 4.66. The van der Waals surface area contributed by atoms with Gasteiger partial charge in [0.15, 0.2) is 17.3 Å². The van der Waals surface area contributed by atoms with E-state index in [2.05, 4.69) is 5.16 Å². The third kappa shape index (κ3) is 3.40. The lowest BCUT2D eigenvalue weighted by Crippen LogP contribution is -2.40. The standard InChI is InChI=1S/C24H20FN3O5/c25-16-3-1-14(2-4-16)23-18-12-27(8-7-19(18)26-33-23)24(30)15-9-22(29)28(11-15)17-5-6-20-21(10-17)32-13-31-20/h1-6,10,15H,7-9,11-13H2. The van der Waals surface area contributed by atoms with E-state index in [0.717, 1.165) is 11.3 Å². The molecule has 4 heterocycles. The number of halogens is 1. The third-order valence-electron chi connectivity index (χ3n) is 6.40. The summed E-state index contributed by atoms with van der Waals surface area (Å²) in [4.78, 5) is 29.4. The number of rotatable bonds is 3. The second kappa shape index (κ2) is 7.61. The van der Waals surface area contributed by atoms with Gasteiger partial charge in [-0.2, -0.15) is 0 Å². The lowest BCUT2D eigenvalue weighted by Gasteiger charge is -2.28. The maximum absolute atomic E-state index is 13.3. The fourth-order valence-electron chi connectivity index (χ4n) is 4.66. The summed E-state index contributed by atoms with van der Waals surface area (Å²) >= 11 is 0. The molecular weight excluding hydrogens is 429 g/mol. The minimum atomic E-state index is -0.432. The van der Waals surface area contributed by atoms with Crippen LogP contribution in [0.15, 0.2) is 47.0 Å². The Balaban J connectivity index is 1.19. The van der Waals surface area contributed by atoms with E-state index in [1.54, 1.807) is 40.1 Å². The molecule has 0 radical (unpaired) electrons. The molecule has 3 aromatic rings. The van der Waals surface area contributed by atoms with Crippen LogP contribution in [0.2, 0.25) is 0 Å². The van der Waals surface area contributed by atoms with Gasteiger partial charge in [0, 0.05) is 48.8 Å². The zero-order valence-electron chi connectivity index (χ0n) is 17.6. The molecule has 2 amide bonds. The first kappa shape index (κ1) is 19.8. The van der Waals surface area contributed by atoms with Gasteiger partial charge in [0.25, 0.3) is 0 Å². The second-order valence-electron chi connectivity index (χ2n) is 8.40. The first-order valence-corrected chi connectivity index (χ1v) is 10.8. The maximum atomic E-state index is 13.3. The SMILES string of the molecule is O=C(C1CC(=O)N(c2ccc3c(c2)OCO3)C1)N1CCc2noc(-c3ccc(F)cc3)c2C1. The Bertz CT molecular complexity index is 1260. The van der Waals surface area contributed by atoms with Crippen molar-refractivity contribution in [1.29, 1.82) is 0 Å². The molecule has 0 saturated carbocycles. The quantitative estimate of drug-likeness (QED) is 0.611. The van der Waals surface area contributed by atoms with Crippen LogP contribution in [0.1, 0.15) is 17.7 Å². The lowest BCUT2D eigenvalue weighted by molar-refractivity contribution is -0.136. The van der Waals surface area contributed by atoms with Gasteiger partial charge in [0.1, 0.15) is 5.82 Å². The first-order chi connectivity index (χ1) is 16.1. The van der Waals surface area contributed by atoms with Crippen molar-refractivity contribution in [2.45, 2.75) is 19.4 Å². The highest BCUT2D eigenvalue weighted by molar-refractivity contribution is 6.00. The molecule has 1 aromatic heterocycles. The van der Waals surface area contributed by atoms with Crippen LogP contribution in [-0.4, -0.2) is 41.8 Å². The van der Waals surface area contributed by atoms with Crippen LogP contribution in [0, 0.1) is 11.7 Å². The van der Waals surface area contributed by atoms with Crippen molar-refractivity contribution in [2.75, 3.05) is 24.8 Å². The van der Waals surface area contributed by atoms with Gasteiger partial charge >= 0.3 is 0 Å². The molecule has 0 spiro atoms. The summed E-state index contributed by atoms with van der Waals surface area (Å²) in [6.45, 7) is 1.33. The summed E-state index contributed by atoms with van der Waals surface area (Å²) in [5.41, 5.74) is 3.05. The molecule has 168 valence electrons. The van der Waals surface area contributed by atoms with Gasteiger partial charge in [0.2, 0.25) is 18.6 Å². The minimum absolute atomic E-state index is 0.0662. The molecular formula is C24H20FN3O5. The Morgan fingerprint density at radius 1 is 1.09 bits per heavy atom. The molecule has 1 unspecified atom stereocenters. The molecule has 0 N–H and O–H groups in total. The Hall–Kier alpha value is -3.88. The first-order valence-electron chi connectivity index (χ1n) is 10.8. The molecule has 3 aliphatic heterocycles. The number of carbonyl (C=O) groups excluding carboxylic acids is 2. The summed E-state index contributed by atoms with van der Waals surface area (Å²) in [6, 6.07) is 11.3. The number of benzene rings is 2. The molecule has 33 heavy (non-hydrogen) atoms. The number of hydrogen-bond donors (Lipinski definition) is 0. The Morgan fingerprint density at radius 2 is 1.91 bits per heavy atom. The molecule has 9 heteroatoms. The highest BCUT2D eigenvalue weighted by atomic mass is 19.1. The van der Waals surface area contributed by atoms with Gasteiger partial charge < -0.3 is 23.8 Å². The van der Waals surface area contributed by atoms with Crippen molar-refractivity contribution in [3.63, 3.8) is 0 Å². The molecule has 8 nitrogen and oxygen atoms in total. The average molecular weight is 449 g/mol. The molecule has 0 bridgehead atoms. The van der Waals surface area contributed by atoms with Crippen LogP contribution in [0.3, 0.4) is 0 Å². The zero-order chi connectivity index (χ0) is 22.5. The number of carbonyl (C=O) groups is 2. The molecule has 3 aliphatic rings. The van der Waals surface area contributed by atoms with E-state index in [-0.39, 0.29) is 30.8 Å².